The van der Waals surface area contributed by atoms with Gasteiger partial charge in [0, 0.05) is 5.25 Å². The summed E-state index contributed by atoms with van der Waals surface area (Å²) >= 11 is 4.25. The molecule has 0 N–H and O–H groups in total. The van der Waals surface area contributed by atoms with E-state index in [9.17, 15) is 0 Å². The quantitative estimate of drug-likeness (QED) is 0.586. The topological polar surface area (TPSA) is 0 Å². The summed E-state index contributed by atoms with van der Waals surface area (Å²) in [6.45, 7) is 5.91. The summed E-state index contributed by atoms with van der Waals surface area (Å²) in [6, 6.07) is 8.16. The monoisotopic (exact) mass is 151 g/mol. The van der Waals surface area contributed by atoms with Crippen molar-refractivity contribution in [2.24, 2.45) is 0 Å². The Hall–Kier alpha value is -0.430. The molecule has 0 heterocycles. The lowest BCUT2D eigenvalue weighted by Gasteiger charge is -2.06. The Morgan fingerprint density at radius 2 is 2.00 bits per heavy atom. The van der Waals surface area contributed by atoms with Crippen molar-refractivity contribution in [3.8, 4) is 0 Å². The molecule has 0 nitrogen and oxygen atoms in total. The van der Waals surface area contributed by atoms with Gasteiger partial charge in [0.1, 0.15) is 0 Å². The van der Waals surface area contributed by atoms with Gasteiger partial charge in [-0.05, 0) is 25.0 Å². The largest absolute Gasteiger partial charge is 0.171 e. The summed E-state index contributed by atoms with van der Waals surface area (Å²) in [7, 11) is 0. The average molecular weight is 151 g/mol. The molecule has 1 rings (SSSR count). The second-order valence-corrected chi connectivity index (χ2v) is 3.00. The molecule has 10 heavy (non-hydrogen) atoms. The van der Waals surface area contributed by atoms with Gasteiger partial charge in [-0.2, -0.15) is 12.6 Å². The van der Waals surface area contributed by atoms with Crippen molar-refractivity contribution in [2.45, 2.75) is 12.2 Å². The van der Waals surface area contributed by atoms with Gasteiger partial charge in [-0.15, -0.1) is 0 Å². The summed E-state index contributed by atoms with van der Waals surface area (Å²) in [6.07, 6.45) is 0. The molecule has 0 bridgehead atoms. The Labute approximate surface area is 67.7 Å². The van der Waals surface area contributed by atoms with Gasteiger partial charge >= 0.3 is 0 Å². The van der Waals surface area contributed by atoms with Gasteiger partial charge in [-0.25, -0.2) is 0 Å². The summed E-state index contributed by atoms with van der Waals surface area (Å²) in [5, 5.41) is 0.0983. The molecule has 1 heteroatoms. The number of rotatable bonds is 1. The van der Waals surface area contributed by atoms with E-state index in [0.29, 0.717) is 0 Å². The maximum absolute atomic E-state index is 4.25. The van der Waals surface area contributed by atoms with E-state index in [2.05, 4.69) is 38.6 Å². The highest BCUT2D eigenvalue weighted by molar-refractivity contribution is 7.80. The third-order valence-electron chi connectivity index (χ3n) is 1.55. The Morgan fingerprint density at radius 3 is 2.40 bits per heavy atom. The molecule has 0 aliphatic carbocycles. The lowest BCUT2D eigenvalue weighted by atomic mass is 10.1. The van der Waals surface area contributed by atoms with Crippen molar-refractivity contribution in [2.75, 3.05) is 0 Å². The zero-order valence-corrected chi connectivity index (χ0v) is 6.94. The first kappa shape index (κ1) is 7.67. The summed E-state index contributed by atoms with van der Waals surface area (Å²) < 4.78 is 0. The van der Waals surface area contributed by atoms with Gasteiger partial charge in [-0.3, -0.25) is 0 Å². The van der Waals surface area contributed by atoms with E-state index in [1.54, 1.807) is 0 Å². The first-order valence-corrected chi connectivity index (χ1v) is 3.80. The maximum Gasteiger partial charge on any atom is 0.0270 e. The van der Waals surface area contributed by atoms with Crippen molar-refractivity contribution in [1.82, 2.24) is 0 Å². The number of hydrogen-bond acceptors (Lipinski definition) is 1. The Bertz CT molecular complexity index is 216. The van der Waals surface area contributed by atoms with E-state index in [0.717, 1.165) is 0 Å². The van der Waals surface area contributed by atoms with Crippen LogP contribution >= 0.6 is 12.6 Å². The standard InChI is InChI=1S/C9H11S/c1-7-5-3-4-6-9(7)8(2)10/h3-6,8,10H,2H2,1H3. The van der Waals surface area contributed by atoms with Crippen molar-refractivity contribution < 1.29 is 0 Å². The SMILES string of the molecule is [CH2]C(S)c1ccccc1C. The fourth-order valence-electron chi connectivity index (χ4n) is 0.961. The smallest absolute Gasteiger partial charge is 0.0270 e. The highest BCUT2D eigenvalue weighted by Gasteiger charge is 2.00. The van der Waals surface area contributed by atoms with E-state index in [-0.39, 0.29) is 5.25 Å². The number of aryl methyl sites for hydroxylation is 1. The van der Waals surface area contributed by atoms with Gasteiger partial charge in [0.25, 0.3) is 0 Å². The van der Waals surface area contributed by atoms with Gasteiger partial charge in [0.15, 0.2) is 0 Å². The summed E-state index contributed by atoms with van der Waals surface area (Å²) in [4.78, 5) is 0. The zero-order valence-electron chi connectivity index (χ0n) is 6.04. The van der Waals surface area contributed by atoms with Crippen LogP contribution in [0.15, 0.2) is 24.3 Å². The van der Waals surface area contributed by atoms with E-state index in [4.69, 9.17) is 0 Å². The predicted molar refractivity (Wildman–Crippen MR) is 48.3 cm³/mol. The highest BCUT2D eigenvalue weighted by atomic mass is 32.1. The minimum atomic E-state index is 0.0983. The molecule has 0 aliphatic rings. The first-order valence-electron chi connectivity index (χ1n) is 3.28. The van der Waals surface area contributed by atoms with Crippen molar-refractivity contribution in [1.29, 1.82) is 0 Å². The van der Waals surface area contributed by atoms with Crippen LogP contribution in [-0.2, 0) is 0 Å². The fraction of sp³-hybridized carbons (Fsp3) is 0.222. The third kappa shape index (κ3) is 1.54. The molecule has 1 aromatic carbocycles. The second kappa shape index (κ2) is 3.11. The van der Waals surface area contributed by atoms with Crippen molar-refractivity contribution in [3.05, 3.63) is 42.3 Å². The molecular weight excluding hydrogens is 140 g/mol. The van der Waals surface area contributed by atoms with Crippen LogP contribution in [0.1, 0.15) is 16.4 Å². The number of thiol groups is 1. The molecule has 1 atom stereocenters. The fourth-order valence-corrected chi connectivity index (χ4v) is 1.25. The Morgan fingerprint density at radius 1 is 1.40 bits per heavy atom. The number of hydrogen-bond donors (Lipinski definition) is 1. The van der Waals surface area contributed by atoms with Crippen LogP contribution in [-0.4, -0.2) is 0 Å². The van der Waals surface area contributed by atoms with Crippen LogP contribution in [0.5, 0.6) is 0 Å². The lowest BCUT2D eigenvalue weighted by Crippen LogP contribution is -1.87. The highest BCUT2D eigenvalue weighted by Crippen LogP contribution is 2.20. The number of benzene rings is 1. The van der Waals surface area contributed by atoms with E-state index < -0.39 is 0 Å². The minimum absolute atomic E-state index is 0.0983. The van der Waals surface area contributed by atoms with Crippen LogP contribution in [0.4, 0.5) is 0 Å². The third-order valence-corrected chi connectivity index (χ3v) is 1.83. The van der Waals surface area contributed by atoms with Crippen molar-refractivity contribution >= 4 is 12.6 Å². The van der Waals surface area contributed by atoms with E-state index >= 15 is 0 Å². The average Bonchev–Trinajstić information content (AvgIpc) is 1.88. The molecule has 0 amide bonds. The molecule has 1 aromatic rings. The molecule has 0 spiro atoms. The van der Waals surface area contributed by atoms with Crippen LogP contribution in [0.3, 0.4) is 0 Å². The molecule has 0 aromatic heterocycles. The normalized spacial score (nSPS) is 13.1. The molecule has 0 saturated heterocycles. The summed E-state index contributed by atoms with van der Waals surface area (Å²) in [5.41, 5.74) is 2.48. The van der Waals surface area contributed by atoms with Crippen LogP contribution in [0.2, 0.25) is 0 Å². The van der Waals surface area contributed by atoms with Crippen LogP contribution < -0.4 is 0 Å². The minimum Gasteiger partial charge on any atom is -0.171 e. The van der Waals surface area contributed by atoms with E-state index in [1.807, 2.05) is 12.1 Å². The molecular formula is C9H11S. The maximum atomic E-state index is 4.25. The Balaban J connectivity index is 3.03. The van der Waals surface area contributed by atoms with E-state index in [1.165, 1.54) is 11.1 Å². The van der Waals surface area contributed by atoms with Crippen LogP contribution in [0, 0.1) is 13.8 Å². The molecule has 53 valence electrons. The van der Waals surface area contributed by atoms with Gasteiger partial charge in [-0.1, -0.05) is 24.3 Å². The van der Waals surface area contributed by atoms with Gasteiger partial charge in [0.2, 0.25) is 0 Å². The molecule has 0 aliphatic heterocycles. The predicted octanol–water partition coefficient (Wildman–Crippen LogP) is 2.80. The van der Waals surface area contributed by atoms with Crippen LogP contribution in [0.25, 0.3) is 0 Å². The Kier molecular flexibility index (Phi) is 2.39. The molecule has 0 saturated carbocycles. The van der Waals surface area contributed by atoms with Crippen molar-refractivity contribution in [3.63, 3.8) is 0 Å². The molecule has 1 unspecified atom stereocenters. The molecule has 0 fully saturated rings. The second-order valence-electron chi connectivity index (χ2n) is 2.37. The molecule has 1 radical (unpaired) electrons. The first-order chi connectivity index (χ1) is 4.72. The lowest BCUT2D eigenvalue weighted by molar-refractivity contribution is 1.19. The van der Waals surface area contributed by atoms with Gasteiger partial charge in [0.05, 0.1) is 0 Å². The summed E-state index contributed by atoms with van der Waals surface area (Å²) in [5.74, 6) is 0. The van der Waals surface area contributed by atoms with Gasteiger partial charge < -0.3 is 0 Å². The zero-order chi connectivity index (χ0) is 7.56.